The molecule has 0 saturated heterocycles. The van der Waals surface area contributed by atoms with Crippen molar-refractivity contribution in [3.05, 3.63) is 65.0 Å². The summed E-state index contributed by atoms with van der Waals surface area (Å²) in [7, 11) is 1.55. The Morgan fingerprint density at radius 2 is 2.05 bits per heavy atom. The number of nitriles is 1. The molecule has 0 spiro atoms. The maximum Gasteiger partial charge on any atom is 0.253 e. The second-order valence-electron chi connectivity index (χ2n) is 4.40. The van der Waals surface area contributed by atoms with Crippen LogP contribution in [0.2, 0.25) is 0 Å². The SMILES string of the molecule is CNC(=O)c1ccccc1NCc1ccc(C#N)cc1F. The van der Waals surface area contributed by atoms with Gasteiger partial charge in [0, 0.05) is 24.8 Å². The number of carbonyl (C=O) groups excluding carboxylic acids is 1. The Labute approximate surface area is 122 Å². The first-order valence-corrected chi connectivity index (χ1v) is 6.39. The van der Waals surface area contributed by atoms with Crippen molar-refractivity contribution in [2.75, 3.05) is 12.4 Å². The highest BCUT2D eigenvalue weighted by atomic mass is 19.1. The number of amides is 1. The van der Waals surface area contributed by atoms with Crippen molar-refractivity contribution in [2.45, 2.75) is 6.54 Å². The van der Waals surface area contributed by atoms with Gasteiger partial charge in [0.2, 0.25) is 0 Å². The number of rotatable bonds is 4. The highest BCUT2D eigenvalue weighted by Gasteiger charge is 2.09. The molecule has 0 fully saturated rings. The Hall–Kier alpha value is -2.87. The molecule has 0 aliphatic rings. The molecule has 0 unspecified atom stereocenters. The van der Waals surface area contributed by atoms with Gasteiger partial charge in [0.25, 0.3) is 5.91 Å². The monoisotopic (exact) mass is 283 g/mol. The molecule has 0 saturated carbocycles. The zero-order valence-electron chi connectivity index (χ0n) is 11.5. The fraction of sp³-hybridized carbons (Fsp3) is 0.125. The van der Waals surface area contributed by atoms with E-state index in [1.165, 1.54) is 6.07 Å². The van der Waals surface area contributed by atoms with E-state index < -0.39 is 5.82 Å². The molecule has 106 valence electrons. The minimum atomic E-state index is -0.445. The molecule has 0 aliphatic heterocycles. The fourth-order valence-electron chi connectivity index (χ4n) is 1.92. The quantitative estimate of drug-likeness (QED) is 0.906. The van der Waals surface area contributed by atoms with Crippen LogP contribution in [0.15, 0.2) is 42.5 Å². The van der Waals surface area contributed by atoms with Crippen molar-refractivity contribution in [3.8, 4) is 6.07 Å². The van der Waals surface area contributed by atoms with Crippen molar-refractivity contribution in [1.82, 2.24) is 5.32 Å². The predicted molar refractivity (Wildman–Crippen MR) is 78.3 cm³/mol. The smallest absolute Gasteiger partial charge is 0.253 e. The highest BCUT2D eigenvalue weighted by molar-refractivity contribution is 5.99. The number of carbonyl (C=O) groups is 1. The number of halogens is 1. The Balaban J connectivity index is 2.17. The summed E-state index contributed by atoms with van der Waals surface area (Å²) in [6.07, 6.45) is 0. The first-order chi connectivity index (χ1) is 10.2. The molecule has 0 radical (unpaired) electrons. The van der Waals surface area contributed by atoms with E-state index in [2.05, 4.69) is 10.6 Å². The summed E-state index contributed by atoms with van der Waals surface area (Å²) in [6.45, 7) is 0.228. The Kier molecular flexibility index (Phi) is 4.52. The molecule has 2 N–H and O–H groups in total. The van der Waals surface area contributed by atoms with Crippen LogP contribution in [-0.4, -0.2) is 13.0 Å². The minimum absolute atomic E-state index is 0.210. The maximum absolute atomic E-state index is 13.8. The second-order valence-corrected chi connectivity index (χ2v) is 4.40. The third-order valence-electron chi connectivity index (χ3n) is 3.05. The van der Waals surface area contributed by atoms with Crippen molar-refractivity contribution < 1.29 is 9.18 Å². The van der Waals surface area contributed by atoms with Crippen LogP contribution < -0.4 is 10.6 Å². The van der Waals surface area contributed by atoms with E-state index in [9.17, 15) is 9.18 Å². The first-order valence-electron chi connectivity index (χ1n) is 6.39. The van der Waals surface area contributed by atoms with E-state index in [4.69, 9.17) is 5.26 Å². The number of nitrogens with one attached hydrogen (secondary N) is 2. The van der Waals surface area contributed by atoms with Gasteiger partial charge in [0.15, 0.2) is 0 Å². The largest absolute Gasteiger partial charge is 0.380 e. The zero-order valence-corrected chi connectivity index (χ0v) is 11.5. The summed E-state index contributed by atoms with van der Waals surface area (Å²) in [6, 6.07) is 13.2. The van der Waals surface area contributed by atoms with Crippen LogP contribution in [0.25, 0.3) is 0 Å². The van der Waals surface area contributed by atoms with E-state index in [1.54, 1.807) is 43.4 Å². The molecule has 0 heterocycles. The number of hydrogen-bond acceptors (Lipinski definition) is 3. The molecule has 2 aromatic carbocycles. The number of anilines is 1. The number of nitrogens with zero attached hydrogens (tertiary/aromatic N) is 1. The van der Waals surface area contributed by atoms with Crippen molar-refractivity contribution >= 4 is 11.6 Å². The minimum Gasteiger partial charge on any atom is -0.380 e. The molecule has 2 rings (SSSR count). The molecule has 5 heteroatoms. The molecule has 0 aromatic heterocycles. The topological polar surface area (TPSA) is 64.9 Å². The Morgan fingerprint density at radius 1 is 1.29 bits per heavy atom. The standard InChI is InChI=1S/C16H14FN3O/c1-19-16(21)13-4-2-3-5-15(13)20-10-12-7-6-11(9-18)8-14(12)17/h2-8,20H,10H2,1H3,(H,19,21). The Morgan fingerprint density at radius 3 is 2.71 bits per heavy atom. The lowest BCUT2D eigenvalue weighted by atomic mass is 10.1. The van der Waals surface area contributed by atoms with Crippen LogP contribution in [0, 0.1) is 17.1 Å². The average Bonchev–Trinajstić information content (AvgIpc) is 2.53. The molecule has 2 aromatic rings. The van der Waals surface area contributed by atoms with Gasteiger partial charge in [-0.05, 0) is 24.3 Å². The lowest BCUT2D eigenvalue weighted by Crippen LogP contribution is -2.19. The second kappa shape index (κ2) is 6.53. The fourth-order valence-corrected chi connectivity index (χ4v) is 1.92. The van der Waals surface area contributed by atoms with E-state index in [0.29, 0.717) is 16.8 Å². The van der Waals surface area contributed by atoms with Gasteiger partial charge in [-0.2, -0.15) is 5.26 Å². The molecule has 21 heavy (non-hydrogen) atoms. The van der Waals surface area contributed by atoms with E-state index >= 15 is 0 Å². The third-order valence-corrected chi connectivity index (χ3v) is 3.05. The molecule has 0 bridgehead atoms. The summed E-state index contributed by atoms with van der Waals surface area (Å²) < 4.78 is 13.8. The van der Waals surface area contributed by atoms with Gasteiger partial charge in [0.05, 0.1) is 17.2 Å². The van der Waals surface area contributed by atoms with Crippen molar-refractivity contribution in [2.24, 2.45) is 0 Å². The third kappa shape index (κ3) is 3.37. The van der Waals surface area contributed by atoms with Crippen LogP contribution >= 0.6 is 0 Å². The average molecular weight is 283 g/mol. The predicted octanol–water partition coefficient (Wildman–Crippen LogP) is 2.67. The normalized spacial score (nSPS) is 9.76. The number of para-hydroxylation sites is 1. The zero-order chi connectivity index (χ0) is 15.2. The summed E-state index contributed by atoms with van der Waals surface area (Å²) in [4.78, 5) is 11.7. The molecule has 0 atom stereocenters. The van der Waals surface area contributed by atoms with Gasteiger partial charge in [0.1, 0.15) is 5.82 Å². The maximum atomic E-state index is 13.8. The molecule has 1 amide bonds. The van der Waals surface area contributed by atoms with Gasteiger partial charge in [-0.3, -0.25) is 4.79 Å². The Bertz CT molecular complexity index is 707. The molecular weight excluding hydrogens is 269 g/mol. The lowest BCUT2D eigenvalue weighted by molar-refractivity contribution is 0.0964. The summed E-state index contributed by atoms with van der Waals surface area (Å²) in [5.41, 5.74) is 1.83. The van der Waals surface area contributed by atoms with Gasteiger partial charge < -0.3 is 10.6 Å². The first kappa shape index (κ1) is 14.5. The van der Waals surface area contributed by atoms with E-state index in [1.807, 2.05) is 6.07 Å². The highest BCUT2D eigenvalue weighted by Crippen LogP contribution is 2.17. The van der Waals surface area contributed by atoms with Crippen molar-refractivity contribution in [1.29, 1.82) is 5.26 Å². The van der Waals surface area contributed by atoms with E-state index in [0.717, 1.165) is 0 Å². The summed E-state index contributed by atoms with van der Waals surface area (Å²) >= 11 is 0. The van der Waals surface area contributed by atoms with Crippen molar-refractivity contribution in [3.63, 3.8) is 0 Å². The molecule has 0 aliphatic carbocycles. The lowest BCUT2D eigenvalue weighted by Gasteiger charge is -2.11. The van der Waals surface area contributed by atoms with Gasteiger partial charge in [-0.15, -0.1) is 0 Å². The van der Waals surface area contributed by atoms with E-state index in [-0.39, 0.29) is 18.0 Å². The summed E-state index contributed by atoms with van der Waals surface area (Å²) in [5, 5.41) is 14.3. The van der Waals surface area contributed by atoms with Gasteiger partial charge >= 0.3 is 0 Å². The van der Waals surface area contributed by atoms with Gasteiger partial charge in [-0.25, -0.2) is 4.39 Å². The molecular formula is C16H14FN3O. The van der Waals surface area contributed by atoms with Crippen LogP contribution in [-0.2, 0) is 6.54 Å². The van der Waals surface area contributed by atoms with Crippen LogP contribution in [0.5, 0.6) is 0 Å². The van der Waals surface area contributed by atoms with Crippen LogP contribution in [0.4, 0.5) is 10.1 Å². The number of benzene rings is 2. The number of hydrogen-bond donors (Lipinski definition) is 2. The van der Waals surface area contributed by atoms with Crippen LogP contribution in [0.3, 0.4) is 0 Å². The molecule has 4 nitrogen and oxygen atoms in total. The van der Waals surface area contributed by atoms with Gasteiger partial charge in [-0.1, -0.05) is 18.2 Å². The summed E-state index contributed by atoms with van der Waals surface area (Å²) in [5.74, 6) is -0.655. The van der Waals surface area contributed by atoms with Crippen LogP contribution in [0.1, 0.15) is 21.5 Å².